The zero-order valence-electron chi connectivity index (χ0n) is 64.7. The SMILES string of the molecule is c1ccc(-c2c3ccc(N(c4cc(C5C6CC7CC(C6)CC5C7)cc(C5C6CC7CC(C6)CC5C7)c4)c4cc5cccc6ccc7cccc4c7c65)cc3c(-c3ccccc3)c3ccc(N(c4cc(C5C6CC7CC(C6)CC5C7)cc(C5C6CC7CC(C6)CC5C7)c4)c4cc5cccc6ccc7cccc4c7c65)cc23)cc1. The van der Waals surface area contributed by atoms with Gasteiger partial charge in [0.2, 0.25) is 0 Å². The van der Waals surface area contributed by atoms with E-state index in [9.17, 15) is 0 Å². The van der Waals surface area contributed by atoms with Crippen LogP contribution in [0.3, 0.4) is 0 Å². The zero-order chi connectivity index (χ0) is 72.4. The maximum Gasteiger partial charge on any atom is 0.0546 e. The molecule has 0 radical (unpaired) electrons. The monoisotopic (exact) mass is 1450 g/mol. The standard InChI is InChI=1S/C110H100N2/c1-3-11-69(12-4-1)107-93-29-27-90(112(100-58-76-20-8-16-72-24-26-74-18-10-22-96(100)110(74)106(72)76)92-55-87(103-81-43-65-33-66(45-81)46-82(103)44-65)52-88(56-92)104-83-47-67-34-68(49-83)50-84(104)48-67)60-98(93)108(70-13-5-2-6-14-70)94-30-28-89(59-97(94)107)111(99-57-75-19-7-15-71-23-25-73-17-9-21-95(99)109(73)105(71)75)91-53-85(101-77-35-61-31-62(37-77)38-78(101)36-61)51-86(54-91)102-79-39-63-32-64(41-79)42-80(102)40-63/h1-30,51-68,77-84,101-104H,31-50H2. The first kappa shape index (κ1) is 64.0. The Hall–Kier alpha value is -9.50. The molecule has 0 aliphatic heterocycles. The molecule has 16 aliphatic carbocycles. The highest BCUT2D eigenvalue weighted by Crippen LogP contribution is 2.67. The van der Waals surface area contributed by atoms with Gasteiger partial charge in [-0.05, 0) is 427 Å². The first-order valence-electron chi connectivity index (χ1n) is 44.7. The zero-order valence-corrected chi connectivity index (χ0v) is 64.7. The van der Waals surface area contributed by atoms with Gasteiger partial charge in [0, 0.05) is 33.5 Å². The Bertz CT molecular complexity index is 5760. The largest absolute Gasteiger partial charge is 0.310 e. The first-order valence-corrected chi connectivity index (χ1v) is 44.7. The number of nitrogens with zero attached hydrogens (tertiary/aromatic N) is 2. The van der Waals surface area contributed by atoms with Gasteiger partial charge in [-0.3, -0.25) is 0 Å². The van der Waals surface area contributed by atoms with Gasteiger partial charge in [0.05, 0.1) is 11.4 Å². The van der Waals surface area contributed by atoms with E-state index in [0.717, 1.165) is 94.7 Å². The predicted octanol–water partition coefficient (Wildman–Crippen LogP) is 30.2. The normalized spacial score (nSPS) is 31.6. The fraction of sp³-hybridized carbons (Fsp3) is 0.364. The molecule has 550 valence electrons. The first-order chi connectivity index (χ1) is 55.3. The topological polar surface area (TPSA) is 6.48 Å². The van der Waals surface area contributed by atoms with E-state index >= 15 is 0 Å². The molecule has 112 heavy (non-hydrogen) atoms. The Labute approximate surface area is 659 Å². The third-order valence-corrected chi connectivity index (χ3v) is 34.1. The van der Waals surface area contributed by atoms with Crippen molar-refractivity contribution in [2.24, 2.45) is 94.7 Å². The summed E-state index contributed by atoms with van der Waals surface area (Å²) in [5.74, 6) is 16.1. The van der Waals surface area contributed by atoms with Crippen molar-refractivity contribution in [3.05, 3.63) is 265 Å². The summed E-state index contributed by atoms with van der Waals surface area (Å²) in [7, 11) is 0. The van der Waals surface area contributed by atoms with Gasteiger partial charge in [0.25, 0.3) is 0 Å². The van der Waals surface area contributed by atoms with Gasteiger partial charge in [-0.2, -0.15) is 0 Å². The van der Waals surface area contributed by atoms with Gasteiger partial charge < -0.3 is 9.80 Å². The summed E-state index contributed by atoms with van der Waals surface area (Å²) < 4.78 is 0. The lowest BCUT2D eigenvalue weighted by atomic mass is 9.49. The van der Waals surface area contributed by atoms with Gasteiger partial charge in [-0.25, -0.2) is 0 Å². The molecule has 15 aromatic rings. The summed E-state index contributed by atoms with van der Waals surface area (Å²) in [4.78, 5) is 5.66. The van der Waals surface area contributed by atoms with Crippen LogP contribution < -0.4 is 9.80 Å². The van der Waals surface area contributed by atoms with E-state index in [4.69, 9.17) is 0 Å². The van der Waals surface area contributed by atoms with Crippen molar-refractivity contribution < 1.29 is 0 Å². The lowest BCUT2D eigenvalue weighted by molar-refractivity contribution is -0.00507. The number of benzene rings is 15. The van der Waals surface area contributed by atoms with E-state index in [1.807, 2.05) is 0 Å². The molecule has 0 atom stereocenters. The van der Waals surface area contributed by atoms with E-state index in [-0.39, 0.29) is 0 Å². The molecule has 16 saturated carbocycles. The third kappa shape index (κ3) is 9.57. The van der Waals surface area contributed by atoms with Crippen LogP contribution in [-0.2, 0) is 0 Å². The third-order valence-electron chi connectivity index (χ3n) is 34.1. The van der Waals surface area contributed by atoms with E-state index in [2.05, 4.69) is 252 Å². The van der Waals surface area contributed by atoms with Gasteiger partial charge in [-0.1, -0.05) is 182 Å². The lowest BCUT2D eigenvalue weighted by Gasteiger charge is -2.56. The molecule has 16 bridgehead atoms. The van der Waals surface area contributed by atoms with Crippen molar-refractivity contribution >= 4 is 120 Å². The second-order valence-corrected chi connectivity index (χ2v) is 40.0. The highest BCUT2D eigenvalue weighted by atomic mass is 15.2. The Morgan fingerprint density at radius 3 is 0.786 bits per heavy atom. The van der Waals surface area contributed by atoms with Crippen LogP contribution in [0.4, 0.5) is 34.1 Å². The number of anilines is 6. The summed E-state index contributed by atoms with van der Waals surface area (Å²) in [6.45, 7) is 0. The van der Waals surface area contributed by atoms with E-state index in [1.54, 1.807) is 22.3 Å². The van der Waals surface area contributed by atoms with Gasteiger partial charge in [0.15, 0.2) is 0 Å². The molecule has 31 rings (SSSR count). The van der Waals surface area contributed by atoms with Crippen LogP contribution >= 0.6 is 0 Å². The predicted molar refractivity (Wildman–Crippen MR) is 468 cm³/mol. The number of hydrogen-bond donors (Lipinski definition) is 0. The van der Waals surface area contributed by atoms with Crippen LogP contribution in [0.15, 0.2) is 243 Å². The van der Waals surface area contributed by atoms with Crippen molar-refractivity contribution in [2.45, 2.75) is 152 Å². The average Bonchev–Trinajstić information content (AvgIpc) is 0.603. The summed E-state index contributed by atoms with van der Waals surface area (Å²) in [5.41, 5.74) is 19.6. The summed E-state index contributed by atoms with van der Waals surface area (Å²) in [6, 6.07) is 99.3. The number of fused-ring (bicyclic) bond motifs is 2. The van der Waals surface area contributed by atoms with Crippen LogP contribution in [-0.4, -0.2) is 0 Å². The molecule has 15 aromatic carbocycles. The second kappa shape index (κ2) is 24.0. The molecule has 0 saturated heterocycles. The smallest absolute Gasteiger partial charge is 0.0546 e. The van der Waals surface area contributed by atoms with Crippen molar-refractivity contribution in [3.63, 3.8) is 0 Å². The van der Waals surface area contributed by atoms with Crippen molar-refractivity contribution in [2.75, 3.05) is 9.80 Å². The summed E-state index contributed by atoms with van der Waals surface area (Å²) in [5, 5.41) is 21.3. The van der Waals surface area contributed by atoms with Crippen LogP contribution in [0.1, 0.15) is 174 Å². The van der Waals surface area contributed by atoms with Crippen molar-refractivity contribution in [3.8, 4) is 22.3 Å². The highest BCUT2D eigenvalue weighted by molar-refractivity contribution is 6.29. The Morgan fingerprint density at radius 1 is 0.188 bits per heavy atom. The maximum absolute atomic E-state index is 2.88. The fourth-order valence-corrected chi connectivity index (χ4v) is 31.2. The number of rotatable bonds is 12. The van der Waals surface area contributed by atoms with Crippen molar-refractivity contribution in [1.29, 1.82) is 0 Å². The van der Waals surface area contributed by atoms with Crippen LogP contribution in [0, 0.1) is 94.7 Å². The molecule has 0 unspecified atom stereocenters. The average molecular weight is 1450 g/mol. The lowest BCUT2D eigenvalue weighted by Crippen LogP contribution is -2.44. The quantitative estimate of drug-likeness (QED) is 0.0888. The Morgan fingerprint density at radius 2 is 0.473 bits per heavy atom. The molecular weight excluding hydrogens is 1350 g/mol. The molecule has 2 heteroatoms. The van der Waals surface area contributed by atoms with Crippen LogP contribution in [0.2, 0.25) is 0 Å². The van der Waals surface area contributed by atoms with Crippen molar-refractivity contribution in [1.82, 2.24) is 0 Å². The van der Waals surface area contributed by atoms with E-state index < -0.39 is 0 Å². The summed E-state index contributed by atoms with van der Waals surface area (Å²) >= 11 is 0. The van der Waals surface area contributed by atoms with E-state index in [0.29, 0.717) is 23.7 Å². The Kier molecular flexibility index (Phi) is 13.7. The minimum atomic E-state index is 0.619. The molecule has 0 amide bonds. The summed E-state index contributed by atoms with van der Waals surface area (Å²) in [6.07, 6.45) is 28.7. The highest BCUT2D eigenvalue weighted by Gasteiger charge is 2.54. The molecule has 2 nitrogen and oxygen atoms in total. The molecule has 0 heterocycles. The molecule has 0 spiro atoms. The molecule has 0 N–H and O–H groups in total. The van der Waals surface area contributed by atoms with Crippen LogP contribution in [0.5, 0.6) is 0 Å². The van der Waals surface area contributed by atoms with Gasteiger partial charge >= 0.3 is 0 Å². The minimum Gasteiger partial charge on any atom is -0.310 e. The maximum atomic E-state index is 2.88. The number of hydrogen-bond acceptors (Lipinski definition) is 2. The van der Waals surface area contributed by atoms with E-state index in [1.165, 1.54) is 271 Å². The van der Waals surface area contributed by atoms with Gasteiger partial charge in [-0.15, -0.1) is 0 Å². The Balaban J connectivity index is 0.718. The van der Waals surface area contributed by atoms with Crippen LogP contribution in [0.25, 0.3) is 108 Å². The van der Waals surface area contributed by atoms with Gasteiger partial charge in [0.1, 0.15) is 0 Å². The minimum absolute atomic E-state index is 0.619. The fourth-order valence-electron chi connectivity index (χ4n) is 31.2. The molecule has 16 fully saturated rings. The molecule has 0 aromatic heterocycles. The molecule has 16 aliphatic rings. The molecular formula is C110H100N2. The second-order valence-electron chi connectivity index (χ2n) is 40.0.